The first-order chi connectivity index (χ1) is 9.82. The second-order valence-electron chi connectivity index (χ2n) is 3.94. The summed E-state index contributed by atoms with van der Waals surface area (Å²) in [5, 5.41) is 8.17. The van der Waals surface area contributed by atoms with Crippen LogP contribution < -0.4 is 10.0 Å². The predicted octanol–water partition coefficient (Wildman–Crippen LogP) is 2.67. The molecule has 0 amide bonds. The lowest BCUT2D eigenvalue weighted by Crippen LogP contribution is -2.17. The third kappa shape index (κ3) is 2.83. The average molecular weight is 318 g/mol. The standard InChI is InChI=1S/C13H7F4O3P/c14-7-8(15)11(10(17)12(21)9(7)16)20-13(19)5-1-3-6(18)4-2-5/h1-4,18H,21H2. The Morgan fingerprint density at radius 1 is 0.952 bits per heavy atom. The van der Waals surface area contributed by atoms with Crippen molar-refractivity contribution in [2.45, 2.75) is 0 Å². The second kappa shape index (κ2) is 5.69. The van der Waals surface area contributed by atoms with E-state index in [1.807, 2.05) is 0 Å². The van der Waals surface area contributed by atoms with E-state index in [1.54, 1.807) is 9.24 Å². The van der Waals surface area contributed by atoms with Gasteiger partial charge in [-0.1, -0.05) is 9.24 Å². The van der Waals surface area contributed by atoms with Crippen molar-refractivity contribution in [3.63, 3.8) is 0 Å². The van der Waals surface area contributed by atoms with Crippen LogP contribution in [0, 0.1) is 23.3 Å². The number of rotatable bonds is 2. The van der Waals surface area contributed by atoms with E-state index in [1.165, 1.54) is 0 Å². The summed E-state index contributed by atoms with van der Waals surface area (Å²) in [5.41, 5.74) is -0.137. The maximum atomic E-state index is 13.7. The molecular weight excluding hydrogens is 311 g/mol. The summed E-state index contributed by atoms with van der Waals surface area (Å²) in [6, 6.07) is 4.56. The minimum absolute atomic E-state index is 0.135. The SMILES string of the molecule is O=C(Oc1c(F)c(F)c(F)c(P)c1F)c1ccc(O)cc1. The van der Waals surface area contributed by atoms with E-state index in [4.69, 9.17) is 5.11 Å². The number of hydrogen-bond donors (Lipinski definition) is 1. The Balaban J connectivity index is 2.40. The molecule has 0 saturated carbocycles. The maximum absolute atomic E-state index is 13.7. The fourth-order valence-electron chi connectivity index (χ4n) is 1.47. The summed E-state index contributed by atoms with van der Waals surface area (Å²) in [5.74, 6) is -9.81. The number of hydrogen-bond acceptors (Lipinski definition) is 3. The van der Waals surface area contributed by atoms with E-state index < -0.39 is 40.3 Å². The molecule has 0 aliphatic rings. The Morgan fingerprint density at radius 2 is 1.52 bits per heavy atom. The molecule has 0 aromatic heterocycles. The summed E-state index contributed by atoms with van der Waals surface area (Å²) >= 11 is 0. The van der Waals surface area contributed by atoms with Gasteiger partial charge in [0.15, 0.2) is 17.5 Å². The highest BCUT2D eigenvalue weighted by Gasteiger charge is 2.26. The van der Waals surface area contributed by atoms with Crippen molar-refractivity contribution in [2.75, 3.05) is 0 Å². The van der Waals surface area contributed by atoms with Gasteiger partial charge in [0, 0.05) is 5.30 Å². The maximum Gasteiger partial charge on any atom is 0.343 e. The molecule has 2 rings (SSSR count). The molecule has 1 unspecified atom stereocenters. The molecule has 2 aromatic carbocycles. The van der Waals surface area contributed by atoms with Crippen molar-refractivity contribution < 1.29 is 32.2 Å². The van der Waals surface area contributed by atoms with Crippen LogP contribution in [-0.2, 0) is 0 Å². The summed E-state index contributed by atoms with van der Waals surface area (Å²) in [4.78, 5) is 11.7. The van der Waals surface area contributed by atoms with Gasteiger partial charge in [0.05, 0.1) is 5.56 Å². The van der Waals surface area contributed by atoms with E-state index in [0.717, 1.165) is 24.3 Å². The highest BCUT2D eigenvalue weighted by Crippen LogP contribution is 2.27. The molecule has 0 aliphatic heterocycles. The summed E-state index contributed by atoms with van der Waals surface area (Å²) in [6.45, 7) is 0. The predicted molar refractivity (Wildman–Crippen MR) is 68.7 cm³/mol. The lowest BCUT2D eigenvalue weighted by atomic mass is 10.2. The monoisotopic (exact) mass is 318 g/mol. The van der Waals surface area contributed by atoms with Crippen molar-refractivity contribution >= 4 is 20.5 Å². The Bertz CT molecular complexity index is 687. The minimum Gasteiger partial charge on any atom is -0.508 e. The molecule has 0 bridgehead atoms. The van der Waals surface area contributed by atoms with Crippen molar-refractivity contribution in [1.29, 1.82) is 0 Å². The van der Waals surface area contributed by atoms with Gasteiger partial charge in [-0.2, -0.15) is 4.39 Å². The van der Waals surface area contributed by atoms with Crippen LogP contribution >= 0.6 is 9.24 Å². The number of halogens is 4. The van der Waals surface area contributed by atoms with Crippen LogP contribution in [0.2, 0.25) is 0 Å². The first kappa shape index (κ1) is 15.3. The van der Waals surface area contributed by atoms with Crippen LogP contribution in [0.5, 0.6) is 11.5 Å². The molecule has 0 heterocycles. The smallest absolute Gasteiger partial charge is 0.343 e. The van der Waals surface area contributed by atoms with Crippen molar-refractivity contribution in [1.82, 2.24) is 0 Å². The van der Waals surface area contributed by atoms with E-state index in [9.17, 15) is 22.4 Å². The summed E-state index contributed by atoms with van der Waals surface area (Å²) < 4.78 is 57.8. The van der Waals surface area contributed by atoms with Gasteiger partial charge < -0.3 is 9.84 Å². The summed E-state index contributed by atoms with van der Waals surface area (Å²) in [6.07, 6.45) is 0. The number of phenolic OH excluding ortho intramolecular Hbond substituents is 1. The zero-order valence-electron chi connectivity index (χ0n) is 10.2. The molecule has 0 saturated heterocycles. The van der Waals surface area contributed by atoms with Gasteiger partial charge in [0.1, 0.15) is 5.75 Å². The van der Waals surface area contributed by atoms with Crippen molar-refractivity contribution in [3.05, 3.63) is 53.1 Å². The van der Waals surface area contributed by atoms with Crippen molar-refractivity contribution in [3.8, 4) is 11.5 Å². The first-order valence-electron chi connectivity index (χ1n) is 5.45. The van der Waals surface area contributed by atoms with E-state index in [0.29, 0.717) is 0 Å². The molecule has 8 heteroatoms. The number of aromatic hydroxyl groups is 1. The molecule has 0 radical (unpaired) electrons. The molecule has 3 nitrogen and oxygen atoms in total. The van der Waals surface area contributed by atoms with Crippen LogP contribution in [0.1, 0.15) is 10.4 Å². The zero-order chi connectivity index (χ0) is 15.7. The largest absolute Gasteiger partial charge is 0.508 e. The lowest BCUT2D eigenvalue weighted by Gasteiger charge is -2.10. The fourth-order valence-corrected chi connectivity index (χ4v) is 1.73. The third-order valence-electron chi connectivity index (χ3n) is 2.55. The van der Waals surface area contributed by atoms with E-state index >= 15 is 0 Å². The molecule has 110 valence electrons. The molecule has 21 heavy (non-hydrogen) atoms. The number of carbonyl (C=O) groups excluding carboxylic acids is 1. The molecule has 1 atom stereocenters. The van der Waals surface area contributed by atoms with Crippen molar-refractivity contribution in [2.24, 2.45) is 0 Å². The fraction of sp³-hybridized carbons (Fsp3) is 0. The van der Waals surface area contributed by atoms with E-state index in [-0.39, 0.29) is 11.3 Å². The third-order valence-corrected chi connectivity index (χ3v) is 3.06. The Hall–Kier alpha value is -2.14. The molecule has 1 N–H and O–H groups in total. The molecule has 0 fully saturated rings. The first-order valence-corrected chi connectivity index (χ1v) is 6.03. The number of phenols is 1. The second-order valence-corrected chi connectivity index (χ2v) is 4.51. The number of esters is 1. The number of carbonyl (C=O) groups is 1. The van der Waals surface area contributed by atoms with E-state index in [2.05, 4.69) is 4.74 Å². The highest BCUT2D eigenvalue weighted by atomic mass is 31.0. The molecule has 0 aliphatic carbocycles. The quantitative estimate of drug-likeness (QED) is 0.231. The van der Waals surface area contributed by atoms with Gasteiger partial charge in [-0.15, -0.1) is 0 Å². The number of benzene rings is 2. The highest BCUT2D eigenvalue weighted by molar-refractivity contribution is 7.27. The normalized spacial score (nSPS) is 10.5. The number of ether oxygens (including phenoxy) is 1. The van der Waals surface area contributed by atoms with Crippen LogP contribution in [0.3, 0.4) is 0 Å². The van der Waals surface area contributed by atoms with Crippen LogP contribution in [0.25, 0.3) is 0 Å². The lowest BCUT2D eigenvalue weighted by molar-refractivity contribution is 0.0718. The van der Waals surface area contributed by atoms with Crippen LogP contribution in [-0.4, -0.2) is 11.1 Å². The van der Waals surface area contributed by atoms with Gasteiger partial charge >= 0.3 is 5.97 Å². The minimum atomic E-state index is -1.95. The topological polar surface area (TPSA) is 46.5 Å². The zero-order valence-corrected chi connectivity index (χ0v) is 11.3. The van der Waals surface area contributed by atoms with Gasteiger partial charge in [-0.05, 0) is 24.3 Å². The average Bonchev–Trinajstić information content (AvgIpc) is 2.48. The van der Waals surface area contributed by atoms with Crippen LogP contribution in [0.4, 0.5) is 17.6 Å². The Kier molecular flexibility index (Phi) is 4.14. The molecule has 0 spiro atoms. The van der Waals surface area contributed by atoms with Gasteiger partial charge in [0.2, 0.25) is 11.6 Å². The van der Waals surface area contributed by atoms with Crippen LogP contribution in [0.15, 0.2) is 24.3 Å². The van der Waals surface area contributed by atoms with Gasteiger partial charge in [-0.3, -0.25) is 0 Å². The van der Waals surface area contributed by atoms with Gasteiger partial charge in [0.25, 0.3) is 0 Å². The Morgan fingerprint density at radius 3 is 2.10 bits per heavy atom. The summed E-state index contributed by atoms with van der Waals surface area (Å²) in [7, 11) is 1.55. The molecule has 2 aromatic rings. The molecular formula is C13H7F4O3P. The Labute approximate surface area is 118 Å². The van der Waals surface area contributed by atoms with Gasteiger partial charge in [-0.25, -0.2) is 18.0 Å².